The first kappa shape index (κ1) is 19.2. The molecule has 3 amide bonds. The lowest BCUT2D eigenvalue weighted by molar-refractivity contribution is -0.125. The second-order valence-corrected chi connectivity index (χ2v) is 6.97. The lowest BCUT2D eigenvalue weighted by Gasteiger charge is -2.20. The molecule has 0 aliphatic heterocycles. The predicted molar refractivity (Wildman–Crippen MR) is 79.7 cm³/mol. The fourth-order valence-corrected chi connectivity index (χ4v) is 1.13. The minimum Gasteiger partial charge on any atom is -0.444 e. The van der Waals surface area contributed by atoms with Crippen LogP contribution in [0.15, 0.2) is 0 Å². The van der Waals surface area contributed by atoms with Crippen LogP contribution in [0.5, 0.6) is 0 Å². The Hall–Kier alpha value is -1.79. The largest absolute Gasteiger partial charge is 0.444 e. The van der Waals surface area contributed by atoms with Gasteiger partial charge in [0.25, 0.3) is 0 Å². The van der Waals surface area contributed by atoms with Gasteiger partial charge in [-0.3, -0.25) is 9.59 Å². The van der Waals surface area contributed by atoms with Crippen LogP contribution in [-0.2, 0) is 14.3 Å². The van der Waals surface area contributed by atoms with Crippen molar-refractivity contribution < 1.29 is 19.1 Å². The summed E-state index contributed by atoms with van der Waals surface area (Å²) >= 11 is 0. The number of carbonyl (C=O) groups excluding carboxylic acids is 3. The molecule has 0 saturated carbocycles. The molecule has 7 nitrogen and oxygen atoms in total. The highest BCUT2D eigenvalue weighted by Gasteiger charge is 2.17. The molecule has 0 spiro atoms. The molecule has 122 valence electrons. The first-order valence-electron chi connectivity index (χ1n) is 6.89. The lowest BCUT2D eigenvalue weighted by Crippen LogP contribution is -2.44. The molecule has 0 bridgehead atoms. The number of hydrogen-bond donors (Lipinski definition) is 3. The van der Waals surface area contributed by atoms with Gasteiger partial charge >= 0.3 is 6.09 Å². The fraction of sp³-hybridized carbons (Fsp3) is 0.786. The standard InChI is InChI=1S/C14H27N3O4/c1-13(2,3)9-17-11(19)7-15-10(18)8-16-12(20)21-14(4,5)6/h7-9H2,1-6H3,(H,15,18)(H,16,20)(H,17,19). The maximum Gasteiger partial charge on any atom is 0.408 e. The number of nitrogens with one attached hydrogen (secondary N) is 3. The summed E-state index contributed by atoms with van der Waals surface area (Å²) in [5.74, 6) is -0.720. The normalized spacial score (nSPS) is 11.5. The monoisotopic (exact) mass is 301 g/mol. The number of amides is 3. The summed E-state index contributed by atoms with van der Waals surface area (Å²) in [7, 11) is 0. The minimum atomic E-state index is -0.671. The van der Waals surface area contributed by atoms with Crippen LogP contribution in [0.25, 0.3) is 0 Å². The van der Waals surface area contributed by atoms with Gasteiger partial charge in [-0.1, -0.05) is 20.8 Å². The molecule has 0 fully saturated rings. The molecule has 7 heteroatoms. The van der Waals surface area contributed by atoms with Crippen molar-refractivity contribution in [3.8, 4) is 0 Å². The Morgan fingerprint density at radius 3 is 1.76 bits per heavy atom. The maximum atomic E-state index is 11.5. The third-order valence-corrected chi connectivity index (χ3v) is 2.05. The summed E-state index contributed by atoms with van der Waals surface area (Å²) in [5, 5.41) is 7.44. The van der Waals surface area contributed by atoms with Crippen LogP contribution in [0.1, 0.15) is 41.5 Å². The van der Waals surface area contributed by atoms with Crippen molar-refractivity contribution >= 4 is 17.9 Å². The van der Waals surface area contributed by atoms with Gasteiger partial charge in [0, 0.05) is 6.54 Å². The smallest absolute Gasteiger partial charge is 0.408 e. The summed E-state index contributed by atoms with van der Waals surface area (Å²) < 4.78 is 4.98. The second kappa shape index (κ2) is 7.85. The molecular weight excluding hydrogens is 274 g/mol. The summed E-state index contributed by atoms with van der Waals surface area (Å²) in [4.78, 5) is 34.3. The van der Waals surface area contributed by atoms with Crippen molar-refractivity contribution in [2.24, 2.45) is 5.41 Å². The summed E-state index contributed by atoms with van der Waals surface area (Å²) in [6.45, 7) is 11.3. The third kappa shape index (κ3) is 13.0. The van der Waals surface area contributed by atoms with Gasteiger partial charge in [0.15, 0.2) is 0 Å². The Morgan fingerprint density at radius 2 is 1.29 bits per heavy atom. The molecule has 0 aromatic heterocycles. The van der Waals surface area contributed by atoms with Gasteiger partial charge in [0.05, 0.1) is 6.54 Å². The first-order chi connectivity index (χ1) is 9.39. The van der Waals surface area contributed by atoms with Gasteiger partial charge in [-0.15, -0.1) is 0 Å². The van der Waals surface area contributed by atoms with Gasteiger partial charge in [-0.2, -0.15) is 0 Å². The quantitative estimate of drug-likeness (QED) is 0.699. The van der Waals surface area contributed by atoms with Gasteiger partial charge in [-0.05, 0) is 26.2 Å². The maximum absolute atomic E-state index is 11.5. The molecule has 21 heavy (non-hydrogen) atoms. The van der Waals surface area contributed by atoms with Gasteiger partial charge in [0.1, 0.15) is 12.1 Å². The van der Waals surface area contributed by atoms with E-state index in [-0.39, 0.29) is 24.4 Å². The predicted octanol–water partition coefficient (Wildman–Crippen LogP) is 0.790. The van der Waals surface area contributed by atoms with Crippen LogP contribution < -0.4 is 16.0 Å². The molecule has 0 rings (SSSR count). The number of rotatable bonds is 5. The van der Waals surface area contributed by atoms with Crippen LogP contribution in [0.2, 0.25) is 0 Å². The highest BCUT2D eigenvalue weighted by atomic mass is 16.6. The van der Waals surface area contributed by atoms with E-state index in [1.54, 1.807) is 20.8 Å². The van der Waals surface area contributed by atoms with Crippen molar-refractivity contribution in [3.63, 3.8) is 0 Å². The summed E-state index contributed by atoms with van der Waals surface area (Å²) in [6, 6.07) is 0. The Labute approximate surface area is 126 Å². The molecule has 0 saturated heterocycles. The molecule has 0 unspecified atom stereocenters. The van der Waals surface area contributed by atoms with E-state index in [0.29, 0.717) is 6.54 Å². The third-order valence-electron chi connectivity index (χ3n) is 2.05. The Bertz CT molecular complexity index is 381. The van der Waals surface area contributed by atoms with Crippen molar-refractivity contribution in [1.29, 1.82) is 0 Å². The van der Waals surface area contributed by atoms with Crippen LogP contribution in [0, 0.1) is 5.41 Å². The van der Waals surface area contributed by atoms with Gasteiger partial charge in [0.2, 0.25) is 11.8 Å². The summed E-state index contributed by atoms with van der Waals surface area (Å²) in [5.41, 5.74) is -0.634. The van der Waals surface area contributed by atoms with Crippen molar-refractivity contribution in [3.05, 3.63) is 0 Å². The zero-order valence-electron chi connectivity index (χ0n) is 13.8. The van der Waals surface area contributed by atoms with Crippen LogP contribution >= 0.6 is 0 Å². The zero-order chi connectivity index (χ0) is 16.7. The summed E-state index contributed by atoms with van der Waals surface area (Å²) in [6.07, 6.45) is -0.671. The molecule has 0 aliphatic carbocycles. The average Bonchev–Trinajstić information content (AvgIpc) is 2.28. The van der Waals surface area contributed by atoms with E-state index in [2.05, 4.69) is 16.0 Å². The Kier molecular flexibility index (Phi) is 7.18. The fourth-order valence-electron chi connectivity index (χ4n) is 1.13. The lowest BCUT2D eigenvalue weighted by atomic mass is 9.97. The highest BCUT2D eigenvalue weighted by Crippen LogP contribution is 2.09. The molecule has 3 N–H and O–H groups in total. The highest BCUT2D eigenvalue weighted by molar-refractivity contribution is 5.87. The molecule has 0 radical (unpaired) electrons. The van der Waals surface area contributed by atoms with Gasteiger partial charge in [-0.25, -0.2) is 4.79 Å². The second-order valence-electron chi connectivity index (χ2n) is 6.97. The van der Waals surface area contributed by atoms with E-state index in [1.165, 1.54) is 0 Å². The molecule has 0 aromatic rings. The number of hydrogen-bond acceptors (Lipinski definition) is 4. The number of alkyl carbamates (subject to hydrolysis) is 1. The number of ether oxygens (including phenoxy) is 1. The topological polar surface area (TPSA) is 96.5 Å². The first-order valence-corrected chi connectivity index (χ1v) is 6.89. The average molecular weight is 301 g/mol. The molecule has 0 aliphatic rings. The van der Waals surface area contributed by atoms with Crippen molar-refractivity contribution in [2.45, 2.75) is 47.1 Å². The molecule has 0 atom stereocenters. The van der Waals surface area contributed by atoms with E-state index in [9.17, 15) is 14.4 Å². The van der Waals surface area contributed by atoms with E-state index in [1.807, 2.05) is 20.8 Å². The number of carbonyl (C=O) groups is 3. The van der Waals surface area contributed by atoms with Crippen molar-refractivity contribution in [2.75, 3.05) is 19.6 Å². The van der Waals surface area contributed by atoms with E-state index in [4.69, 9.17) is 4.74 Å². The van der Waals surface area contributed by atoms with E-state index < -0.39 is 17.6 Å². The molecule has 0 aromatic carbocycles. The minimum absolute atomic E-state index is 0.0159. The SMILES string of the molecule is CC(C)(C)CNC(=O)CNC(=O)CNC(=O)OC(C)(C)C. The van der Waals surface area contributed by atoms with Gasteiger partial charge < -0.3 is 20.7 Å². The van der Waals surface area contributed by atoms with Crippen LogP contribution in [0.3, 0.4) is 0 Å². The van der Waals surface area contributed by atoms with Crippen LogP contribution in [0.4, 0.5) is 4.79 Å². The van der Waals surface area contributed by atoms with Crippen molar-refractivity contribution in [1.82, 2.24) is 16.0 Å². The Balaban J connectivity index is 3.86. The van der Waals surface area contributed by atoms with Crippen LogP contribution in [-0.4, -0.2) is 43.1 Å². The Morgan fingerprint density at radius 1 is 0.810 bits per heavy atom. The van der Waals surface area contributed by atoms with E-state index >= 15 is 0 Å². The molecule has 0 heterocycles. The zero-order valence-corrected chi connectivity index (χ0v) is 13.8. The van der Waals surface area contributed by atoms with E-state index in [0.717, 1.165) is 0 Å². The molecular formula is C14H27N3O4.